The molecule has 2 nitrogen and oxygen atoms in total. The number of halogens is 2. The monoisotopic (exact) mass is 586 g/mol. The number of quaternary nitrogens is 2. The van der Waals surface area contributed by atoms with Crippen molar-refractivity contribution in [1.82, 2.24) is 0 Å². The first-order valence-electron chi connectivity index (χ1n) is 10.7. The molecule has 0 radical (unpaired) electrons. The smallest absolute Gasteiger partial charge is 0.128 e. The van der Waals surface area contributed by atoms with Gasteiger partial charge in [0.15, 0.2) is 0 Å². The van der Waals surface area contributed by atoms with E-state index >= 15 is 0 Å². The summed E-state index contributed by atoms with van der Waals surface area (Å²) >= 11 is 0. The molecule has 0 aromatic rings. The minimum atomic E-state index is 0. The van der Waals surface area contributed by atoms with E-state index in [-0.39, 0.29) is 48.0 Å². The van der Waals surface area contributed by atoms with Crippen molar-refractivity contribution in [3.63, 3.8) is 0 Å². The summed E-state index contributed by atoms with van der Waals surface area (Å²) < 4.78 is 2.48. The highest BCUT2D eigenvalue weighted by Gasteiger charge is 2.54. The van der Waals surface area contributed by atoms with Crippen molar-refractivity contribution in [1.29, 1.82) is 0 Å². The Morgan fingerprint density at radius 3 is 1.69 bits per heavy atom. The van der Waals surface area contributed by atoms with Gasteiger partial charge in [0.25, 0.3) is 0 Å². The van der Waals surface area contributed by atoms with Crippen molar-refractivity contribution in [3.8, 4) is 0 Å². The fraction of sp³-hybridized carbons (Fsp3) is 0.909. The maximum absolute atomic E-state index is 2.58. The Morgan fingerprint density at radius 2 is 1.27 bits per heavy atom. The van der Waals surface area contributed by atoms with Gasteiger partial charge in [0.05, 0.1) is 41.3 Å². The van der Waals surface area contributed by atoms with E-state index in [9.17, 15) is 0 Å². The molecule has 3 fully saturated rings. The Kier molecular flexibility index (Phi) is 7.98. The number of hydrogen-bond donors (Lipinski definition) is 0. The van der Waals surface area contributed by atoms with Crippen molar-refractivity contribution < 1.29 is 56.9 Å². The predicted molar refractivity (Wildman–Crippen MR) is 102 cm³/mol. The molecule has 4 atom stereocenters. The SMILES string of the molecule is C[N+](C)(C)CC[N+]1(C)CC2C3CCCCC3=C3CCCCC3C2C1.[I-].[I-]. The van der Waals surface area contributed by atoms with E-state index < -0.39 is 0 Å². The number of nitrogens with zero attached hydrogens (tertiary/aromatic N) is 2. The van der Waals surface area contributed by atoms with Crippen molar-refractivity contribution in [2.45, 2.75) is 51.4 Å². The Balaban J connectivity index is 0.00000121. The molecule has 0 spiro atoms. The van der Waals surface area contributed by atoms with Crippen LogP contribution in [0.5, 0.6) is 0 Å². The van der Waals surface area contributed by atoms with E-state index in [1.54, 1.807) is 0 Å². The zero-order valence-electron chi connectivity index (χ0n) is 17.4. The van der Waals surface area contributed by atoms with E-state index in [0.717, 1.165) is 28.2 Å². The highest BCUT2D eigenvalue weighted by atomic mass is 127. The molecular weight excluding hydrogens is 546 g/mol. The maximum Gasteiger partial charge on any atom is 0.128 e. The molecule has 4 rings (SSSR count). The summed E-state index contributed by atoms with van der Waals surface area (Å²) in [4.78, 5) is 0. The van der Waals surface area contributed by atoms with Crippen LogP contribution in [0.15, 0.2) is 11.1 Å². The van der Waals surface area contributed by atoms with Crippen molar-refractivity contribution in [3.05, 3.63) is 11.1 Å². The van der Waals surface area contributed by atoms with Crippen LogP contribution in [0.3, 0.4) is 0 Å². The average Bonchev–Trinajstić information content (AvgIpc) is 2.92. The molecule has 3 aliphatic carbocycles. The minimum Gasteiger partial charge on any atom is -1.00 e. The summed E-state index contributed by atoms with van der Waals surface area (Å²) in [7, 11) is 9.65. The van der Waals surface area contributed by atoms with Gasteiger partial charge in [-0.05, 0) is 50.4 Å². The molecule has 0 aromatic heterocycles. The third-order valence-corrected chi connectivity index (χ3v) is 7.93. The van der Waals surface area contributed by atoms with Crippen LogP contribution >= 0.6 is 0 Å². The number of likely N-dealkylation sites (N-methyl/N-ethyl adjacent to an activating group) is 2. The third-order valence-electron chi connectivity index (χ3n) is 7.93. The third kappa shape index (κ3) is 4.64. The maximum atomic E-state index is 2.58. The van der Waals surface area contributed by atoms with Crippen molar-refractivity contribution in [2.75, 3.05) is 54.4 Å². The van der Waals surface area contributed by atoms with Gasteiger partial charge in [-0.25, -0.2) is 0 Å². The summed E-state index contributed by atoms with van der Waals surface area (Å²) in [5, 5.41) is 0. The fourth-order valence-electron chi connectivity index (χ4n) is 6.76. The van der Waals surface area contributed by atoms with Gasteiger partial charge in [-0.15, -0.1) is 0 Å². The molecule has 1 heterocycles. The van der Waals surface area contributed by atoms with E-state index in [4.69, 9.17) is 0 Å². The Labute approximate surface area is 196 Å². The van der Waals surface area contributed by atoms with Crippen molar-refractivity contribution >= 4 is 0 Å². The molecule has 26 heavy (non-hydrogen) atoms. The number of likely N-dealkylation sites (tertiary alicyclic amines) is 1. The van der Waals surface area contributed by atoms with Gasteiger partial charge in [-0.2, -0.15) is 0 Å². The van der Waals surface area contributed by atoms with Gasteiger partial charge in [0.1, 0.15) is 13.1 Å². The highest BCUT2D eigenvalue weighted by molar-refractivity contribution is 5.28. The first kappa shape index (κ1) is 23.4. The van der Waals surface area contributed by atoms with Gasteiger partial charge >= 0.3 is 0 Å². The summed E-state index contributed by atoms with van der Waals surface area (Å²) in [5.41, 5.74) is 3.99. The lowest BCUT2D eigenvalue weighted by Gasteiger charge is -2.45. The second-order valence-electron chi connectivity index (χ2n) is 10.8. The predicted octanol–water partition coefficient (Wildman–Crippen LogP) is -1.92. The summed E-state index contributed by atoms with van der Waals surface area (Å²) in [6.45, 7) is 5.64. The van der Waals surface area contributed by atoms with E-state index in [1.807, 2.05) is 11.1 Å². The van der Waals surface area contributed by atoms with Crippen LogP contribution in [-0.2, 0) is 0 Å². The first-order valence-corrected chi connectivity index (χ1v) is 10.7. The molecule has 4 unspecified atom stereocenters. The number of fused-ring (bicyclic) bond motifs is 5. The quantitative estimate of drug-likeness (QED) is 0.206. The second-order valence-corrected chi connectivity index (χ2v) is 10.8. The lowest BCUT2D eigenvalue weighted by Crippen LogP contribution is -3.00. The van der Waals surface area contributed by atoms with Crippen LogP contribution in [0, 0.1) is 23.7 Å². The molecule has 1 saturated heterocycles. The lowest BCUT2D eigenvalue weighted by atomic mass is 9.58. The van der Waals surface area contributed by atoms with E-state index in [2.05, 4.69) is 28.2 Å². The van der Waals surface area contributed by atoms with Crippen LogP contribution in [0.2, 0.25) is 0 Å². The Bertz CT molecular complexity index is 489. The highest BCUT2D eigenvalue weighted by Crippen LogP contribution is 2.55. The minimum absolute atomic E-state index is 0. The molecule has 0 bridgehead atoms. The zero-order valence-corrected chi connectivity index (χ0v) is 21.8. The number of rotatable bonds is 3. The fourth-order valence-corrected chi connectivity index (χ4v) is 6.76. The average molecular weight is 586 g/mol. The first-order chi connectivity index (χ1) is 11.4. The Hall–Kier alpha value is 1.12. The molecule has 0 amide bonds. The van der Waals surface area contributed by atoms with Crippen molar-refractivity contribution in [2.24, 2.45) is 23.7 Å². The molecular formula is C22H40I2N2. The van der Waals surface area contributed by atoms with Crippen LogP contribution in [0.25, 0.3) is 0 Å². The summed E-state index contributed by atoms with van der Waals surface area (Å²) in [6.07, 6.45) is 11.9. The molecule has 0 N–H and O–H groups in total. The number of hydrogen-bond acceptors (Lipinski definition) is 0. The largest absolute Gasteiger partial charge is 1.00 e. The normalized spacial score (nSPS) is 39.2. The zero-order chi connectivity index (χ0) is 16.9. The molecule has 1 aliphatic heterocycles. The molecule has 152 valence electrons. The van der Waals surface area contributed by atoms with Gasteiger partial charge in [-0.3, -0.25) is 0 Å². The van der Waals surface area contributed by atoms with E-state index in [0.29, 0.717) is 0 Å². The molecule has 4 heteroatoms. The topological polar surface area (TPSA) is 0 Å². The lowest BCUT2D eigenvalue weighted by molar-refractivity contribution is -0.943. The van der Waals surface area contributed by atoms with Gasteiger partial charge in [-0.1, -0.05) is 24.0 Å². The van der Waals surface area contributed by atoms with E-state index in [1.165, 1.54) is 82.0 Å². The molecule has 0 aromatic carbocycles. The Morgan fingerprint density at radius 1 is 0.808 bits per heavy atom. The van der Waals surface area contributed by atoms with Crippen LogP contribution in [0.1, 0.15) is 51.4 Å². The van der Waals surface area contributed by atoms with Crippen LogP contribution in [0.4, 0.5) is 0 Å². The molecule has 4 aliphatic rings. The van der Waals surface area contributed by atoms with Gasteiger partial charge < -0.3 is 56.9 Å². The van der Waals surface area contributed by atoms with Crippen LogP contribution < -0.4 is 48.0 Å². The van der Waals surface area contributed by atoms with Gasteiger partial charge in [0.2, 0.25) is 0 Å². The summed E-state index contributed by atoms with van der Waals surface area (Å²) in [6, 6.07) is 0. The van der Waals surface area contributed by atoms with Crippen LogP contribution in [-0.4, -0.2) is 63.3 Å². The second kappa shape index (κ2) is 8.86. The summed E-state index contributed by atoms with van der Waals surface area (Å²) in [5.74, 6) is 4.00. The standard InChI is InChI=1S/C22H40N2.2HI/c1-23(2,3)13-14-24(4)15-21-19-11-7-5-9-17(19)18-10-6-8-12-20(18)22(21)16-24;;/h19-22H,5-16H2,1-4H3;2*1H/q+2;;/p-2. The van der Waals surface area contributed by atoms with Gasteiger partial charge in [0, 0.05) is 11.8 Å². The molecule has 2 saturated carbocycles. The number of allylic oxidation sites excluding steroid dienone is 2.